The summed E-state index contributed by atoms with van der Waals surface area (Å²) in [6.45, 7) is 5.66. The van der Waals surface area contributed by atoms with E-state index in [9.17, 15) is 9.59 Å². The number of unbranched alkanes of at least 4 members (excludes halogenated alkanes) is 2. The lowest BCUT2D eigenvalue weighted by molar-refractivity contribution is -0.133. The van der Waals surface area contributed by atoms with Crippen LogP contribution in [0.15, 0.2) is 23.5 Å². The number of carbonyl (C=O) groups is 2. The van der Waals surface area contributed by atoms with Crippen molar-refractivity contribution in [1.29, 1.82) is 0 Å². The molecule has 0 aromatic carbocycles. The zero-order valence-corrected chi connectivity index (χ0v) is 11.1. The van der Waals surface area contributed by atoms with Crippen molar-refractivity contribution in [3.8, 4) is 0 Å². The summed E-state index contributed by atoms with van der Waals surface area (Å²) in [6.07, 6.45) is 5.89. The molecule has 0 aromatic rings. The molecule has 2 N–H and O–H groups in total. The minimum absolute atomic E-state index is 0.181. The van der Waals surface area contributed by atoms with Gasteiger partial charge in [0.05, 0.1) is 11.1 Å². The molecule has 0 aliphatic carbocycles. The van der Waals surface area contributed by atoms with Crippen LogP contribution in [0.25, 0.3) is 0 Å². The Morgan fingerprint density at radius 3 is 1.78 bits per heavy atom. The van der Waals surface area contributed by atoms with E-state index in [1.165, 1.54) is 26.2 Å². The van der Waals surface area contributed by atoms with Crippen LogP contribution in [0.2, 0.25) is 0 Å². The highest BCUT2D eigenvalue weighted by atomic mass is 16.4. The van der Waals surface area contributed by atoms with E-state index < -0.39 is 11.9 Å². The van der Waals surface area contributed by atoms with Gasteiger partial charge in [-0.15, -0.1) is 0 Å². The molecule has 0 aromatic heterocycles. The summed E-state index contributed by atoms with van der Waals surface area (Å²) in [5.41, 5.74) is 0.363. The van der Waals surface area contributed by atoms with E-state index in [0.717, 1.165) is 19.3 Å². The monoisotopic (exact) mass is 255 g/mol. The number of hydrogen-bond donors (Lipinski definition) is 2. The Hall–Kier alpha value is -1.78. The van der Waals surface area contributed by atoms with Crippen LogP contribution in [0.4, 0.5) is 0 Å². The van der Waals surface area contributed by atoms with E-state index >= 15 is 0 Å². The van der Waals surface area contributed by atoms with Gasteiger partial charge in [0.15, 0.2) is 0 Å². The van der Waals surface area contributed by atoms with Crippen molar-refractivity contribution in [3.63, 3.8) is 0 Å². The first-order valence-corrected chi connectivity index (χ1v) is 5.97. The molecule has 0 saturated heterocycles. The number of carboxylic acid groups (broad SMARTS) is 2. The molecule has 0 amide bonds. The van der Waals surface area contributed by atoms with Gasteiger partial charge in [0.25, 0.3) is 0 Å². The first-order valence-electron chi connectivity index (χ1n) is 5.97. The summed E-state index contributed by atoms with van der Waals surface area (Å²) >= 11 is 0. The summed E-state index contributed by atoms with van der Waals surface area (Å²) < 4.78 is 0. The third-order valence-corrected chi connectivity index (χ3v) is 2.41. The van der Waals surface area contributed by atoms with E-state index in [-0.39, 0.29) is 11.1 Å². The van der Waals surface area contributed by atoms with Crippen molar-refractivity contribution in [1.82, 2.24) is 4.90 Å². The van der Waals surface area contributed by atoms with Gasteiger partial charge >= 0.3 is 11.9 Å². The number of nitrogens with zero attached hydrogens (tertiary/aromatic N) is 1. The smallest absolute Gasteiger partial charge is 0.332 e. The van der Waals surface area contributed by atoms with Crippen LogP contribution in [0.3, 0.4) is 0 Å². The normalized spacial score (nSPS) is 12.4. The van der Waals surface area contributed by atoms with Crippen molar-refractivity contribution >= 4 is 11.9 Å². The van der Waals surface area contributed by atoms with Gasteiger partial charge in [-0.25, -0.2) is 9.59 Å². The Bertz CT molecular complexity index is 328. The molecule has 0 atom stereocenters. The fourth-order valence-corrected chi connectivity index (χ4v) is 1.32. The van der Waals surface area contributed by atoms with E-state index in [1.54, 1.807) is 4.90 Å². The lowest BCUT2D eigenvalue weighted by Crippen LogP contribution is -2.16. The number of carboxylic acids is 2. The molecule has 0 saturated carbocycles. The maximum Gasteiger partial charge on any atom is 0.332 e. The van der Waals surface area contributed by atoms with E-state index in [2.05, 4.69) is 6.92 Å². The molecule has 5 nitrogen and oxygen atoms in total. The van der Waals surface area contributed by atoms with Crippen LogP contribution in [0.5, 0.6) is 0 Å². The SMILES string of the molecule is CCCCCN(C=C(C)C(=O)O)C=C(C)C(=O)O. The molecule has 0 spiro atoms. The van der Waals surface area contributed by atoms with Gasteiger partial charge in [-0.05, 0) is 20.3 Å². The Labute approximate surface area is 107 Å². The van der Waals surface area contributed by atoms with Gasteiger partial charge in [0.2, 0.25) is 0 Å². The zero-order chi connectivity index (χ0) is 14.1. The van der Waals surface area contributed by atoms with Crippen LogP contribution in [0, 0.1) is 0 Å². The first kappa shape index (κ1) is 16.2. The average Bonchev–Trinajstić information content (AvgIpc) is 2.28. The van der Waals surface area contributed by atoms with Gasteiger partial charge < -0.3 is 15.1 Å². The molecule has 0 aliphatic rings. The van der Waals surface area contributed by atoms with E-state index in [0.29, 0.717) is 6.54 Å². The topological polar surface area (TPSA) is 77.8 Å². The van der Waals surface area contributed by atoms with Gasteiger partial charge in [-0.2, -0.15) is 0 Å². The Kier molecular flexibility index (Phi) is 7.51. The fraction of sp³-hybridized carbons (Fsp3) is 0.538. The van der Waals surface area contributed by atoms with Crippen LogP contribution in [0.1, 0.15) is 40.0 Å². The van der Waals surface area contributed by atoms with Crippen LogP contribution in [-0.4, -0.2) is 33.6 Å². The Balaban J connectivity index is 4.83. The molecule has 102 valence electrons. The maximum absolute atomic E-state index is 10.8. The molecule has 0 aliphatic heterocycles. The van der Waals surface area contributed by atoms with Gasteiger partial charge in [0.1, 0.15) is 0 Å². The van der Waals surface area contributed by atoms with Crippen molar-refractivity contribution in [2.45, 2.75) is 40.0 Å². The number of hydrogen-bond acceptors (Lipinski definition) is 3. The molecule has 5 heteroatoms. The molecule has 18 heavy (non-hydrogen) atoms. The lowest BCUT2D eigenvalue weighted by atomic mass is 10.2. The summed E-state index contributed by atoms with van der Waals surface area (Å²) in [5.74, 6) is -2.01. The third-order valence-electron chi connectivity index (χ3n) is 2.41. The summed E-state index contributed by atoms with van der Waals surface area (Å²) in [4.78, 5) is 23.1. The predicted molar refractivity (Wildman–Crippen MR) is 69.0 cm³/mol. The number of aliphatic carboxylic acids is 2. The molecular weight excluding hydrogens is 234 g/mol. The van der Waals surface area contributed by atoms with Crippen LogP contribution < -0.4 is 0 Å². The van der Waals surface area contributed by atoms with Crippen molar-refractivity contribution < 1.29 is 19.8 Å². The maximum atomic E-state index is 10.8. The number of rotatable bonds is 8. The standard InChI is InChI=1S/C13H21NO4/c1-4-5-6-7-14(8-10(2)12(15)16)9-11(3)13(17)18/h8-9H,4-7H2,1-3H3,(H,15,16)(H,17,18). The molecule has 0 radical (unpaired) electrons. The summed E-state index contributed by atoms with van der Waals surface area (Å²) in [5, 5.41) is 17.6. The van der Waals surface area contributed by atoms with Crippen LogP contribution in [-0.2, 0) is 9.59 Å². The van der Waals surface area contributed by atoms with Crippen LogP contribution >= 0.6 is 0 Å². The summed E-state index contributed by atoms with van der Waals surface area (Å²) in [7, 11) is 0. The average molecular weight is 255 g/mol. The summed E-state index contributed by atoms with van der Waals surface area (Å²) in [6, 6.07) is 0. The van der Waals surface area contributed by atoms with Crippen molar-refractivity contribution in [3.05, 3.63) is 23.5 Å². The molecule has 0 fully saturated rings. The van der Waals surface area contributed by atoms with Crippen molar-refractivity contribution in [2.24, 2.45) is 0 Å². The van der Waals surface area contributed by atoms with Gasteiger partial charge in [0, 0.05) is 18.9 Å². The molecule has 0 bridgehead atoms. The minimum atomic E-state index is -1.00. The van der Waals surface area contributed by atoms with Gasteiger partial charge in [-0.1, -0.05) is 19.8 Å². The second-order valence-electron chi connectivity index (χ2n) is 4.18. The second kappa shape index (κ2) is 8.33. The highest BCUT2D eigenvalue weighted by Crippen LogP contribution is 2.06. The molecule has 0 unspecified atom stereocenters. The second-order valence-corrected chi connectivity index (χ2v) is 4.18. The molecular formula is C13H21NO4. The molecule has 0 heterocycles. The quantitative estimate of drug-likeness (QED) is 0.514. The van der Waals surface area contributed by atoms with Crippen molar-refractivity contribution in [2.75, 3.05) is 6.54 Å². The predicted octanol–water partition coefficient (Wildman–Crippen LogP) is 2.46. The highest BCUT2D eigenvalue weighted by Gasteiger charge is 2.06. The third kappa shape index (κ3) is 6.73. The highest BCUT2D eigenvalue weighted by molar-refractivity contribution is 5.86. The Morgan fingerprint density at radius 2 is 1.44 bits per heavy atom. The Morgan fingerprint density at radius 1 is 1.00 bits per heavy atom. The first-order chi connectivity index (χ1) is 8.38. The van der Waals surface area contributed by atoms with E-state index in [1.807, 2.05) is 0 Å². The minimum Gasteiger partial charge on any atom is -0.478 e. The fourth-order valence-electron chi connectivity index (χ4n) is 1.32. The largest absolute Gasteiger partial charge is 0.478 e. The van der Waals surface area contributed by atoms with E-state index in [4.69, 9.17) is 10.2 Å². The lowest BCUT2D eigenvalue weighted by Gasteiger charge is -2.16. The molecule has 0 rings (SSSR count). The van der Waals surface area contributed by atoms with Gasteiger partial charge in [-0.3, -0.25) is 0 Å². The zero-order valence-electron chi connectivity index (χ0n) is 11.1.